The van der Waals surface area contributed by atoms with Gasteiger partial charge in [0.1, 0.15) is 23.8 Å². The number of halogens is 1. The maximum absolute atomic E-state index is 15.0. The molecule has 2 aliphatic rings. The molecule has 2 aliphatic heterocycles. The molecule has 2 amide bonds. The Balaban J connectivity index is 1.23. The number of H-pyrrole nitrogens is 1. The van der Waals surface area contributed by atoms with E-state index in [4.69, 9.17) is 4.74 Å². The van der Waals surface area contributed by atoms with Crippen LogP contribution in [-0.2, 0) is 4.74 Å². The zero-order chi connectivity index (χ0) is 22.8. The predicted molar refractivity (Wildman–Crippen MR) is 121 cm³/mol. The van der Waals surface area contributed by atoms with Gasteiger partial charge in [-0.15, -0.1) is 0 Å². The van der Waals surface area contributed by atoms with Crippen LogP contribution in [0.5, 0.6) is 0 Å². The van der Waals surface area contributed by atoms with Gasteiger partial charge in [-0.2, -0.15) is 4.98 Å². The normalized spacial score (nSPS) is 21.3. The van der Waals surface area contributed by atoms with Gasteiger partial charge in [-0.1, -0.05) is 6.07 Å². The van der Waals surface area contributed by atoms with Crippen LogP contribution in [-0.4, -0.2) is 82.6 Å². The van der Waals surface area contributed by atoms with Crippen LogP contribution < -0.4 is 20.4 Å². The lowest BCUT2D eigenvalue weighted by Crippen LogP contribution is -2.53. The Morgan fingerprint density at radius 3 is 2.79 bits per heavy atom. The number of morpholine rings is 1. The Bertz CT molecular complexity index is 1120. The van der Waals surface area contributed by atoms with Crippen LogP contribution in [0.25, 0.3) is 11.2 Å². The van der Waals surface area contributed by atoms with Crippen molar-refractivity contribution in [2.45, 2.75) is 25.6 Å². The first-order chi connectivity index (χ1) is 16.1. The topological polar surface area (TPSA) is 124 Å². The lowest BCUT2D eigenvalue weighted by molar-refractivity contribution is 0.122. The number of alkyl halides is 1. The van der Waals surface area contributed by atoms with Crippen LogP contribution >= 0.6 is 0 Å². The monoisotopic (exact) mass is 455 g/mol. The van der Waals surface area contributed by atoms with Gasteiger partial charge in [0.2, 0.25) is 5.95 Å². The van der Waals surface area contributed by atoms with Gasteiger partial charge in [0.05, 0.1) is 25.8 Å². The van der Waals surface area contributed by atoms with Crippen molar-refractivity contribution in [3.05, 3.63) is 30.2 Å². The number of aromatic amines is 1. The summed E-state index contributed by atoms with van der Waals surface area (Å²) < 4.78 is 20.4. The number of piperidine rings is 1. The van der Waals surface area contributed by atoms with Crippen molar-refractivity contribution in [1.82, 2.24) is 30.2 Å². The number of anilines is 3. The lowest BCUT2D eigenvalue weighted by Gasteiger charge is -2.34. The number of carbonyl (C=O) groups is 1. The second-order valence-electron chi connectivity index (χ2n) is 8.23. The second-order valence-corrected chi connectivity index (χ2v) is 8.23. The molecule has 3 aromatic heterocycles. The highest BCUT2D eigenvalue weighted by atomic mass is 19.1. The van der Waals surface area contributed by atoms with E-state index in [-0.39, 0.29) is 6.54 Å². The number of aryl methyl sites for hydroxylation is 1. The van der Waals surface area contributed by atoms with Crippen molar-refractivity contribution < 1.29 is 13.9 Å². The van der Waals surface area contributed by atoms with Crippen LogP contribution in [0.4, 0.5) is 26.8 Å². The van der Waals surface area contributed by atoms with E-state index in [9.17, 15) is 9.18 Å². The standard InChI is InChI=1S/C21H26FN9O2/c1-13-2-3-16(23-10-13)27-21(32)26-15-4-5-31(11-14(15)22)20-28-17-18(29-20)24-12-25-19(17)30-6-8-33-9-7-30/h2-3,10,12,14-15H,4-9,11H2,1H3,(H2,23,26,27,32)(H,24,25,28,29). The number of fused-ring (bicyclic) bond motifs is 1. The summed E-state index contributed by atoms with van der Waals surface area (Å²) in [6.07, 6.45) is 2.34. The highest BCUT2D eigenvalue weighted by Crippen LogP contribution is 2.26. The van der Waals surface area contributed by atoms with Crippen molar-refractivity contribution in [2.75, 3.05) is 54.5 Å². The van der Waals surface area contributed by atoms with Gasteiger partial charge in [0.25, 0.3) is 0 Å². The van der Waals surface area contributed by atoms with E-state index in [1.165, 1.54) is 6.33 Å². The fourth-order valence-corrected chi connectivity index (χ4v) is 4.09. The van der Waals surface area contributed by atoms with E-state index in [2.05, 4.69) is 40.5 Å². The third-order valence-corrected chi connectivity index (χ3v) is 5.88. The SMILES string of the molecule is Cc1ccc(NC(=O)NC2CCN(c3nc4ncnc(N5CCOCC5)c4[nH]3)CC2F)nc1. The fraction of sp³-hybridized carbons (Fsp3) is 0.476. The zero-order valence-corrected chi connectivity index (χ0v) is 18.3. The quantitative estimate of drug-likeness (QED) is 0.542. The zero-order valence-electron chi connectivity index (χ0n) is 18.3. The van der Waals surface area contributed by atoms with Crippen molar-refractivity contribution in [3.8, 4) is 0 Å². The largest absolute Gasteiger partial charge is 0.378 e. The number of imidazole rings is 1. The Morgan fingerprint density at radius 1 is 1.18 bits per heavy atom. The molecule has 11 nitrogen and oxygen atoms in total. The molecule has 2 unspecified atom stereocenters. The summed E-state index contributed by atoms with van der Waals surface area (Å²) in [6.45, 7) is 5.32. The van der Waals surface area contributed by atoms with E-state index in [1.54, 1.807) is 12.3 Å². The minimum atomic E-state index is -1.26. The third kappa shape index (κ3) is 4.65. The van der Waals surface area contributed by atoms with Crippen molar-refractivity contribution in [1.29, 1.82) is 0 Å². The van der Waals surface area contributed by atoms with Crippen molar-refractivity contribution >= 4 is 34.8 Å². The summed E-state index contributed by atoms with van der Waals surface area (Å²) in [5.74, 6) is 1.75. The Labute approximate surface area is 189 Å². The summed E-state index contributed by atoms with van der Waals surface area (Å²) in [7, 11) is 0. The summed E-state index contributed by atoms with van der Waals surface area (Å²) in [5.41, 5.74) is 2.27. The van der Waals surface area contributed by atoms with Crippen LogP contribution in [0.3, 0.4) is 0 Å². The molecule has 0 bridgehead atoms. The molecule has 0 saturated carbocycles. The fourth-order valence-electron chi connectivity index (χ4n) is 4.09. The summed E-state index contributed by atoms with van der Waals surface area (Å²) in [4.78, 5) is 36.9. The van der Waals surface area contributed by atoms with Gasteiger partial charge in [0.15, 0.2) is 11.5 Å². The molecule has 2 atom stereocenters. The van der Waals surface area contributed by atoms with E-state index in [1.807, 2.05) is 17.9 Å². The lowest BCUT2D eigenvalue weighted by atomic mass is 10.0. The van der Waals surface area contributed by atoms with Gasteiger partial charge in [0, 0.05) is 25.8 Å². The van der Waals surface area contributed by atoms with E-state index < -0.39 is 18.2 Å². The first kappa shape index (κ1) is 21.3. The second kappa shape index (κ2) is 9.14. The molecule has 33 heavy (non-hydrogen) atoms. The smallest absolute Gasteiger partial charge is 0.320 e. The number of amides is 2. The number of nitrogens with one attached hydrogen (secondary N) is 3. The van der Waals surface area contributed by atoms with Crippen molar-refractivity contribution in [3.63, 3.8) is 0 Å². The third-order valence-electron chi connectivity index (χ3n) is 5.88. The number of hydrogen-bond donors (Lipinski definition) is 3. The molecule has 5 heterocycles. The van der Waals surface area contributed by atoms with Gasteiger partial charge < -0.3 is 24.8 Å². The summed E-state index contributed by atoms with van der Waals surface area (Å²) in [6, 6.07) is 2.49. The van der Waals surface area contributed by atoms with Crippen LogP contribution in [0, 0.1) is 6.92 Å². The minimum absolute atomic E-state index is 0.105. The van der Waals surface area contributed by atoms with E-state index in [0.29, 0.717) is 43.6 Å². The van der Waals surface area contributed by atoms with Crippen molar-refractivity contribution in [2.24, 2.45) is 0 Å². The van der Waals surface area contributed by atoms with E-state index in [0.717, 1.165) is 30.0 Å². The molecule has 174 valence electrons. The molecule has 12 heteroatoms. The van der Waals surface area contributed by atoms with Crippen LogP contribution in [0.15, 0.2) is 24.7 Å². The van der Waals surface area contributed by atoms with Gasteiger partial charge in [-0.25, -0.2) is 24.1 Å². The highest BCUT2D eigenvalue weighted by molar-refractivity contribution is 5.88. The number of urea groups is 1. The molecular formula is C21H26FN9O2. The van der Waals surface area contributed by atoms with Crippen LogP contribution in [0.2, 0.25) is 0 Å². The highest BCUT2D eigenvalue weighted by Gasteiger charge is 2.32. The average Bonchev–Trinajstić information content (AvgIpc) is 3.27. The maximum Gasteiger partial charge on any atom is 0.320 e. The van der Waals surface area contributed by atoms with Gasteiger partial charge >= 0.3 is 6.03 Å². The first-order valence-electron chi connectivity index (χ1n) is 11.0. The molecule has 0 radical (unpaired) electrons. The summed E-state index contributed by atoms with van der Waals surface area (Å²) in [5, 5.41) is 5.37. The minimum Gasteiger partial charge on any atom is -0.378 e. The number of hydrogen-bond acceptors (Lipinski definition) is 8. The molecule has 2 fully saturated rings. The molecule has 2 saturated heterocycles. The first-order valence-corrected chi connectivity index (χ1v) is 11.0. The number of pyridine rings is 1. The average molecular weight is 455 g/mol. The summed E-state index contributed by atoms with van der Waals surface area (Å²) >= 11 is 0. The molecule has 3 aromatic rings. The van der Waals surface area contributed by atoms with E-state index >= 15 is 0 Å². The predicted octanol–water partition coefficient (Wildman–Crippen LogP) is 1.63. The number of aromatic nitrogens is 5. The molecule has 5 rings (SSSR count). The number of ether oxygens (including phenoxy) is 1. The molecule has 3 N–H and O–H groups in total. The molecule has 0 aliphatic carbocycles. The molecule has 0 aromatic carbocycles. The Kier molecular flexibility index (Phi) is 5.90. The number of carbonyl (C=O) groups excluding carboxylic acids is 1. The Hall–Kier alpha value is -3.54. The van der Waals surface area contributed by atoms with Crippen LogP contribution in [0.1, 0.15) is 12.0 Å². The number of nitrogens with zero attached hydrogens (tertiary/aromatic N) is 6. The number of rotatable bonds is 4. The molecule has 0 spiro atoms. The van der Waals surface area contributed by atoms with Gasteiger partial charge in [-0.05, 0) is 25.0 Å². The molecular weight excluding hydrogens is 429 g/mol. The Morgan fingerprint density at radius 2 is 2.03 bits per heavy atom. The van der Waals surface area contributed by atoms with Gasteiger partial charge in [-0.3, -0.25) is 5.32 Å². The maximum atomic E-state index is 15.0.